The first-order valence-electron chi connectivity index (χ1n) is 12.3. The van der Waals surface area contributed by atoms with Gasteiger partial charge < -0.3 is 10.3 Å². The van der Waals surface area contributed by atoms with Gasteiger partial charge in [0.05, 0.1) is 15.9 Å². The van der Waals surface area contributed by atoms with E-state index in [9.17, 15) is 13.2 Å². The van der Waals surface area contributed by atoms with Crippen LogP contribution in [0.5, 0.6) is 0 Å². The summed E-state index contributed by atoms with van der Waals surface area (Å²) in [5.74, 6) is 1.83. The van der Waals surface area contributed by atoms with E-state index in [4.69, 9.17) is 4.98 Å². The molecule has 1 saturated heterocycles. The number of sulfonamides is 1. The normalized spacial score (nSPS) is 18.5. The number of hydrogen-bond donors (Lipinski definition) is 2. The number of rotatable bonds is 7. The average molecular weight is 481 g/mol. The van der Waals surface area contributed by atoms with E-state index >= 15 is 0 Å². The zero-order chi connectivity index (χ0) is 23.5. The average Bonchev–Trinajstić information content (AvgIpc) is 3.53. The highest BCUT2D eigenvalue weighted by atomic mass is 32.2. The van der Waals surface area contributed by atoms with Crippen molar-refractivity contribution in [3.05, 3.63) is 54.4 Å². The lowest BCUT2D eigenvalue weighted by atomic mass is 9.97. The summed E-state index contributed by atoms with van der Waals surface area (Å²) in [6, 6.07) is 14.5. The Balaban J connectivity index is 1.16. The van der Waals surface area contributed by atoms with Gasteiger partial charge in [-0.1, -0.05) is 37.8 Å². The number of H-pyrrole nitrogens is 1. The molecule has 1 aliphatic heterocycles. The van der Waals surface area contributed by atoms with Crippen molar-refractivity contribution in [2.75, 3.05) is 18.4 Å². The number of fused-ring (bicyclic) bond motifs is 1. The maximum Gasteiger partial charge on any atom is 0.243 e. The molecule has 7 nitrogen and oxygen atoms in total. The fourth-order valence-corrected chi connectivity index (χ4v) is 6.72. The second kappa shape index (κ2) is 9.88. The Labute approximate surface area is 201 Å². The van der Waals surface area contributed by atoms with E-state index in [0.29, 0.717) is 31.1 Å². The summed E-state index contributed by atoms with van der Waals surface area (Å²) >= 11 is 0. The zero-order valence-corrected chi connectivity index (χ0v) is 20.2. The molecule has 1 aromatic heterocycles. The number of benzene rings is 2. The molecule has 0 spiro atoms. The predicted octanol–water partition coefficient (Wildman–Crippen LogP) is 5.04. The summed E-state index contributed by atoms with van der Waals surface area (Å²) in [6.07, 6.45) is 7.93. The number of piperidine rings is 1. The quantitative estimate of drug-likeness (QED) is 0.495. The molecule has 0 unspecified atom stereocenters. The molecule has 5 rings (SSSR count). The van der Waals surface area contributed by atoms with Crippen LogP contribution in [0.25, 0.3) is 11.0 Å². The van der Waals surface area contributed by atoms with Gasteiger partial charge in [0.25, 0.3) is 0 Å². The number of anilines is 1. The largest absolute Gasteiger partial charge is 0.342 e. The van der Waals surface area contributed by atoms with E-state index in [2.05, 4.69) is 10.3 Å². The lowest BCUT2D eigenvalue weighted by molar-refractivity contribution is -0.116. The molecular formula is C26H32N4O3S. The van der Waals surface area contributed by atoms with E-state index < -0.39 is 10.0 Å². The van der Waals surface area contributed by atoms with Crippen LogP contribution in [0.15, 0.2) is 53.4 Å². The third kappa shape index (κ3) is 5.03. The van der Waals surface area contributed by atoms with Crippen LogP contribution in [0.2, 0.25) is 0 Å². The summed E-state index contributed by atoms with van der Waals surface area (Å²) in [7, 11) is -3.57. The van der Waals surface area contributed by atoms with Crippen LogP contribution >= 0.6 is 0 Å². The summed E-state index contributed by atoms with van der Waals surface area (Å²) in [5.41, 5.74) is 2.59. The van der Waals surface area contributed by atoms with Crippen molar-refractivity contribution in [1.82, 2.24) is 14.3 Å². The van der Waals surface area contributed by atoms with Gasteiger partial charge in [-0.3, -0.25) is 4.79 Å². The number of hydrogen-bond acceptors (Lipinski definition) is 4. The Kier molecular flexibility index (Phi) is 6.70. The highest BCUT2D eigenvalue weighted by Crippen LogP contribution is 2.31. The highest BCUT2D eigenvalue weighted by Gasteiger charge is 2.31. The molecule has 1 amide bonds. The number of aromatic amines is 1. The van der Waals surface area contributed by atoms with E-state index in [-0.39, 0.29) is 16.7 Å². The molecule has 2 aromatic carbocycles. The van der Waals surface area contributed by atoms with E-state index in [1.165, 1.54) is 25.7 Å². The van der Waals surface area contributed by atoms with Crippen molar-refractivity contribution in [2.45, 2.75) is 62.2 Å². The van der Waals surface area contributed by atoms with Crippen LogP contribution in [0.4, 0.5) is 5.69 Å². The topological polar surface area (TPSA) is 95.2 Å². The van der Waals surface area contributed by atoms with Crippen LogP contribution in [0, 0.1) is 5.92 Å². The summed E-state index contributed by atoms with van der Waals surface area (Å²) in [6.45, 7) is 0.924. The minimum absolute atomic E-state index is 0.00448. The number of nitrogens with zero attached hydrogens (tertiary/aromatic N) is 2. The van der Waals surface area contributed by atoms with Crippen LogP contribution in [-0.2, 0) is 14.8 Å². The minimum atomic E-state index is -3.57. The molecule has 2 aliphatic rings. The van der Waals surface area contributed by atoms with Gasteiger partial charge in [0.2, 0.25) is 15.9 Å². The van der Waals surface area contributed by atoms with E-state index in [1.807, 2.05) is 24.3 Å². The molecule has 0 bridgehead atoms. The van der Waals surface area contributed by atoms with Gasteiger partial charge in [-0.25, -0.2) is 13.4 Å². The van der Waals surface area contributed by atoms with E-state index in [0.717, 1.165) is 36.1 Å². The Hall–Kier alpha value is -2.71. The first-order chi connectivity index (χ1) is 16.5. The first-order valence-corrected chi connectivity index (χ1v) is 13.8. The molecule has 2 N–H and O–H groups in total. The van der Waals surface area contributed by atoms with Gasteiger partial charge >= 0.3 is 0 Å². The van der Waals surface area contributed by atoms with Gasteiger partial charge in [-0.05, 0) is 61.6 Å². The Morgan fingerprint density at radius 2 is 1.71 bits per heavy atom. The lowest BCUT2D eigenvalue weighted by Gasteiger charge is -2.30. The fourth-order valence-electron chi connectivity index (χ4n) is 5.25. The number of aromatic nitrogens is 2. The molecular weight excluding hydrogens is 448 g/mol. The standard InChI is InChI=1S/C26H32N4O3S/c31-25(14-9-19-5-1-2-6-19)27-21-10-12-22(13-11-21)34(32,33)30-17-15-20(16-18-30)26-28-23-7-3-4-8-24(23)29-26/h3-4,7-8,10-13,19-20H,1-2,5-6,9,14-18H2,(H,27,31)(H,28,29). The number of nitrogens with one attached hydrogen (secondary N) is 2. The maximum absolute atomic E-state index is 13.2. The Morgan fingerprint density at radius 3 is 2.41 bits per heavy atom. The number of carbonyl (C=O) groups excluding carboxylic acids is 1. The molecule has 2 heterocycles. The zero-order valence-electron chi connectivity index (χ0n) is 19.4. The number of imidazole rings is 1. The maximum atomic E-state index is 13.2. The number of para-hydroxylation sites is 2. The summed E-state index contributed by atoms with van der Waals surface area (Å²) in [4.78, 5) is 20.6. The second-order valence-corrected chi connectivity index (χ2v) is 11.5. The highest BCUT2D eigenvalue weighted by molar-refractivity contribution is 7.89. The molecule has 3 aromatic rings. The van der Waals surface area contributed by atoms with Crippen molar-refractivity contribution in [3.63, 3.8) is 0 Å². The Bertz CT molecular complexity index is 1210. The van der Waals surface area contributed by atoms with E-state index in [1.54, 1.807) is 28.6 Å². The van der Waals surface area contributed by atoms with Crippen LogP contribution < -0.4 is 5.32 Å². The van der Waals surface area contributed by atoms with Crippen molar-refractivity contribution in [3.8, 4) is 0 Å². The third-order valence-electron chi connectivity index (χ3n) is 7.28. The lowest BCUT2D eigenvalue weighted by Crippen LogP contribution is -2.38. The van der Waals surface area contributed by atoms with Crippen molar-refractivity contribution in [1.29, 1.82) is 0 Å². The predicted molar refractivity (Wildman–Crippen MR) is 133 cm³/mol. The fraction of sp³-hybridized carbons (Fsp3) is 0.462. The molecule has 8 heteroatoms. The molecule has 2 fully saturated rings. The van der Waals surface area contributed by atoms with Crippen LogP contribution in [0.3, 0.4) is 0 Å². The van der Waals surface area contributed by atoms with Crippen molar-refractivity contribution >= 4 is 32.7 Å². The molecule has 0 radical (unpaired) electrons. The van der Waals surface area contributed by atoms with Crippen molar-refractivity contribution in [2.24, 2.45) is 5.92 Å². The number of carbonyl (C=O) groups is 1. The molecule has 180 valence electrons. The molecule has 1 aliphatic carbocycles. The van der Waals surface area contributed by atoms with Crippen LogP contribution in [-0.4, -0.2) is 41.7 Å². The summed E-state index contributed by atoms with van der Waals surface area (Å²) < 4.78 is 27.9. The molecule has 34 heavy (non-hydrogen) atoms. The van der Waals surface area contributed by atoms with Gasteiger partial charge in [0.15, 0.2) is 0 Å². The van der Waals surface area contributed by atoms with Gasteiger partial charge in [-0.2, -0.15) is 4.31 Å². The monoisotopic (exact) mass is 480 g/mol. The second-order valence-electron chi connectivity index (χ2n) is 9.58. The van der Waals surface area contributed by atoms with Crippen LogP contribution in [0.1, 0.15) is 63.1 Å². The molecule has 1 saturated carbocycles. The number of amides is 1. The molecule has 0 atom stereocenters. The first kappa shape index (κ1) is 23.1. The third-order valence-corrected chi connectivity index (χ3v) is 9.19. The minimum Gasteiger partial charge on any atom is -0.342 e. The SMILES string of the molecule is O=C(CCC1CCCC1)Nc1ccc(S(=O)(=O)N2CCC(c3nc4ccccc4[nH]3)CC2)cc1. The van der Waals surface area contributed by atoms with Gasteiger partial charge in [0, 0.05) is 31.1 Å². The van der Waals surface area contributed by atoms with Gasteiger partial charge in [-0.15, -0.1) is 0 Å². The Morgan fingerprint density at radius 1 is 1.00 bits per heavy atom. The summed E-state index contributed by atoms with van der Waals surface area (Å²) in [5, 5.41) is 2.90. The van der Waals surface area contributed by atoms with Gasteiger partial charge in [0.1, 0.15) is 5.82 Å². The smallest absolute Gasteiger partial charge is 0.243 e. The van der Waals surface area contributed by atoms with Crippen molar-refractivity contribution < 1.29 is 13.2 Å².